The van der Waals surface area contributed by atoms with Crippen LogP contribution in [-0.4, -0.2) is 22.1 Å². The minimum Gasteiger partial charge on any atom is -0.495 e. The molecule has 1 aromatic carbocycles. The first kappa shape index (κ1) is 14.3. The summed E-state index contributed by atoms with van der Waals surface area (Å²) >= 11 is 5.94. The fraction of sp³-hybridized carbons (Fsp3) is 0.455. The Balaban J connectivity index is 3.25. The smallest absolute Gasteiger partial charge is 0.244 e. The third-order valence-electron chi connectivity index (χ3n) is 2.28. The number of hydrogen-bond donors (Lipinski definition) is 1. The highest BCUT2D eigenvalue weighted by Gasteiger charge is 2.20. The van der Waals surface area contributed by atoms with Gasteiger partial charge < -0.3 is 4.74 Å². The highest BCUT2D eigenvalue weighted by atomic mass is 35.5. The van der Waals surface area contributed by atoms with Crippen molar-refractivity contribution in [3.8, 4) is 5.75 Å². The lowest BCUT2D eigenvalue weighted by atomic mass is 10.2. The molecule has 0 atom stereocenters. The van der Waals surface area contributed by atoms with Crippen molar-refractivity contribution in [2.75, 3.05) is 13.7 Å². The molecule has 17 heavy (non-hydrogen) atoms. The van der Waals surface area contributed by atoms with Crippen molar-refractivity contribution in [2.24, 2.45) is 0 Å². The van der Waals surface area contributed by atoms with Crippen LogP contribution in [-0.2, 0) is 10.0 Å². The van der Waals surface area contributed by atoms with Crippen LogP contribution in [0.1, 0.15) is 18.9 Å². The van der Waals surface area contributed by atoms with Gasteiger partial charge in [0.15, 0.2) is 0 Å². The fourth-order valence-corrected chi connectivity index (χ4v) is 2.86. The highest BCUT2D eigenvalue weighted by Crippen LogP contribution is 2.29. The molecule has 0 radical (unpaired) electrons. The van der Waals surface area contributed by atoms with Gasteiger partial charge in [0.25, 0.3) is 0 Å². The quantitative estimate of drug-likeness (QED) is 0.899. The average molecular weight is 278 g/mol. The van der Waals surface area contributed by atoms with Crippen LogP contribution in [0.15, 0.2) is 17.0 Å². The van der Waals surface area contributed by atoms with Gasteiger partial charge in [-0.15, -0.1) is 0 Å². The number of methoxy groups -OCH3 is 1. The van der Waals surface area contributed by atoms with E-state index in [0.29, 0.717) is 17.3 Å². The van der Waals surface area contributed by atoms with Gasteiger partial charge in [0.05, 0.1) is 7.11 Å². The molecule has 0 aliphatic carbocycles. The third kappa shape index (κ3) is 3.34. The molecule has 0 spiro atoms. The van der Waals surface area contributed by atoms with E-state index in [4.69, 9.17) is 16.3 Å². The number of rotatable bonds is 5. The molecule has 0 fully saturated rings. The van der Waals surface area contributed by atoms with E-state index in [1.54, 1.807) is 13.0 Å². The largest absolute Gasteiger partial charge is 0.495 e. The monoisotopic (exact) mass is 277 g/mol. The second-order valence-corrected chi connectivity index (χ2v) is 5.79. The van der Waals surface area contributed by atoms with Crippen molar-refractivity contribution in [1.29, 1.82) is 0 Å². The Labute approximate surface area is 107 Å². The van der Waals surface area contributed by atoms with Crippen LogP contribution < -0.4 is 9.46 Å². The Morgan fingerprint density at radius 1 is 1.41 bits per heavy atom. The lowest BCUT2D eigenvalue weighted by Gasteiger charge is -2.12. The summed E-state index contributed by atoms with van der Waals surface area (Å²) in [6.07, 6.45) is 0.723. The van der Waals surface area contributed by atoms with E-state index in [2.05, 4.69) is 4.72 Å². The molecule has 1 rings (SSSR count). The second kappa shape index (κ2) is 5.71. The minimum absolute atomic E-state index is 0.0732. The van der Waals surface area contributed by atoms with Gasteiger partial charge in [0.2, 0.25) is 10.0 Å². The van der Waals surface area contributed by atoms with Gasteiger partial charge in [-0.1, -0.05) is 18.5 Å². The molecule has 0 heterocycles. The number of benzene rings is 1. The number of hydrogen-bond acceptors (Lipinski definition) is 3. The lowest BCUT2D eigenvalue weighted by Crippen LogP contribution is -2.24. The maximum Gasteiger partial charge on any atom is 0.244 e. The first-order valence-corrected chi connectivity index (χ1v) is 7.12. The summed E-state index contributed by atoms with van der Waals surface area (Å²) < 4.78 is 31.5. The van der Waals surface area contributed by atoms with Crippen molar-refractivity contribution in [1.82, 2.24) is 4.72 Å². The predicted octanol–water partition coefficient (Wildman–Crippen LogP) is 2.35. The molecule has 0 unspecified atom stereocenters. The molecule has 0 bridgehead atoms. The minimum atomic E-state index is -3.56. The van der Waals surface area contributed by atoms with Crippen LogP contribution in [0.3, 0.4) is 0 Å². The van der Waals surface area contributed by atoms with E-state index in [1.165, 1.54) is 13.2 Å². The summed E-state index contributed by atoms with van der Waals surface area (Å²) in [6.45, 7) is 4.07. The Bertz CT molecular complexity index is 500. The number of sulfonamides is 1. The zero-order valence-electron chi connectivity index (χ0n) is 10.1. The molecule has 0 aromatic heterocycles. The maximum absolute atomic E-state index is 12.0. The van der Waals surface area contributed by atoms with E-state index in [-0.39, 0.29) is 4.90 Å². The highest BCUT2D eigenvalue weighted by molar-refractivity contribution is 7.89. The van der Waals surface area contributed by atoms with Crippen LogP contribution in [0.2, 0.25) is 5.02 Å². The normalized spacial score (nSPS) is 11.5. The van der Waals surface area contributed by atoms with E-state index in [0.717, 1.165) is 12.0 Å². The Morgan fingerprint density at radius 2 is 2.06 bits per heavy atom. The molecule has 4 nitrogen and oxygen atoms in total. The zero-order chi connectivity index (χ0) is 13.1. The first-order valence-electron chi connectivity index (χ1n) is 5.26. The van der Waals surface area contributed by atoms with Crippen LogP contribution >= 0.6 is 11.6 Å². The summed E-state index contributed by atoms with van der Waals surface area (Å²) in [5, 5.41) is 0.405. The standard InChI is InChI=1S/C11H16ClNO3S/c1-4-5-13-17(14,15)11-7-9(12)8(2)6-10(11)16-3/h6-7,13H,4-5H2,1-3H3. The summed E-state index contributed by atoms with van der Waals surface area (Å²) in [6, 6.07) is 3.02. The summed E-state index contributed by atoms with van der Waals surface area (Å²) in [5.41, 5.74) is 0.776. The van der Waals surface area contributed by atoms with Crippen LogP contribution in [0.5, 0.6) is 5.75 Å². The van der Waals surface area contributed by atoms with E-state index in [1.807, 2.05) is 6.92 Å². The number of aryl methyl sites for hydroxylation is 1. The van der Waals surface area contributed by atoms with Crippen molar-refractivity contribution in [3.63, 3.8) is 0 Å². The van der Waals surface area contributed by atoms with Crippen molar-refractivity contribution < 1.29 is 13.2 Å². The molecular weight excluding hydrogens is 262 g/mol. The van der Waals surface area contributed by atoms with Crippen LogP contribution in [0, 0.1) is 6.92 Å². The topological polar surface area (TPSA) is 55.4 Å². The van der Waals surface area contributed by atoms with Gasteiger partial charge in [-0.05, 0) is 31.0 Å². The molecule has 0 aliphatic rings. The zero-order valence-corrected chi connectivity index (χ0v) is 11.7. The maximum atomic E-state index is 12.0. The molecule has 6 heteroatoms. The average Bonchev–Trinajstić information content (AvgIpc) is 2.29. The molecule has 0 saturated carbocycles. The van der Waals surface area contributed by atoms with Gasteiger partial charge in [-0.3, -0.25) is 0 Å². The van der Waals surface area contributed by atoms with Gasteiger partial charge in [-0.25, -0.2) is 13.1 Å². The summed E-state index contributed by atoms with van der Waals surface area (Å²) in [7, 11) is -2.13. The molecule has 1 N–H and O–H groups in total. The van der Waals surface area contributed by atoms with Gasteiger partial charge in [0.1, 0.15) is 10.6 Å². The van der Waals surface area contributed by atoms with Crippen LogP contribution in [0.4, 0.5) is 0 Å². The van der Waals surface area contributed by atoms with E-state index >= 15 is 0 Å². The Kier molecular flexibility index (Phi) is 4.80. The Morgan fingerprint density at radius 3 is 2.59 bits per heavy atom. The van der Waals surface area contributed by atoms with Crippen LogP contribution in [0.25, 0.3) is 0 Å². The van der Waals surface area contributed by atoms with Crippen molar-refractivity contribution >= 4 is 21.6 Å². The molecule has 1 aromatic rings. The predicted molar refractivity (Wildman–Crippen MR) is 68.2 cm³/mol. The third-order valence-corrected chi connectivity index (χ3v) is 4.17. The van der Waals surface area contributed by atoms with Gasteiger partial charge in [-0.2, -0.15) is 0 Å². The first-order chi connectivity index (χ1) is 7.92. The number of nitrogens with one attached hydrogen (secondary N) is 1. The van der Waals surface area contributed by atoms with Crippen molar-refractivity contribution in [2.45, 2.75) is 25.2 Å². The summed E-state index contributed by atoms with van der Waals surface area (Å²) in [4.78, 5) is 0.0732. The summed E-state index contributed by atoms with van der Waals surface area (Å²) in [5.74, 6) is 0.301. The fourth-order valence-electron chi connectivity index (χ4n) is 1.32. The molecule has 0 amide bonds. The number of halogens is 1. The van der Waals surface area contributed by atoms with Gasteiger partial charge >= 0.3 is 0 Å². The molecular formula is C11H16ClNO3S. The Hall–Kier alpha value is -0.780. The molecule has 0 aliphatic heterocycles. The van der Waals surface area contributed by atoms with Gasteiger partial charge in [0, 0.05) is 11.6 Å². The SMILES string of the molecule is CCCNS(=O)(=O)c1cc(Cl)c(C)cc1OC. The lowest BCUT2D eigenvalue weighted by molar-refractivity contribution is 0.402. The second-order valence-electron chi connectivity index (χ2n) is 3.65. The van der Waals surface area contributed by atoms with E-state index in [9.17, 15) is 8.42 Å². The molecule has 96 valence electrons. The van der Waals surface area contributed by atoms with Crippen molar-refractivity contribution in [3.05, 3.63) is 22.7 Å². The van der Waals surface area contributed by atoms with E-state index < -0.39 is 10.0 Å². The molecule has 0 saturated heterocycles. The number of ether oxygens (including phenoxy) is 1.